The van der Waals surface area contributed by atoms with Gasteiger partial charge >= 0.3 is 5.97 Å². The molecule has 0 bridgehead atoms. The molecule has 0 atom stereocenters. The lowest BCUT2D eigenvalue weighted by atomic mass is 10.2. The van der Waals surface area contributed by atoms with Crippen molar-refractivity contribution in [1.82, 2.24) is 5.32 Å². The maximum absolute atomic E-state index is 12.2. The van der Waals surface area contributed by atoms with E-state index in [2.05, 4.69) is 33.2 Å². The minimum absolute atomic E-state index is 0.0363. The molecule has 2 amide bonds. The van der Waals surface area contributed by atoms with Crippen LogP contribution in [0.15, 0.2) is 60.3 Å². The summed E-state index contributed by atoms with van der Waals surface area (Å²) in [7, 11) is 0. The fourth-order valence-corrected chi connectivity index (χ4v) is 2.57. The van der Waals surface area contributed by atoms with Crippen LogP contribution >= 0.6 is 22.6 Å². The first-order valence-corrected chi connectivity index (χ1v) is 8.79. The number of anilines is 1. The molecule has 0 aliphatic heterocycles. The first-order valence-electron chi connectivity index (χ1n) is 7.71. The second kappa shape index (κ2) is 9.71. The normalized spacial score (nSPS) is 10.8. The lowest BCUT2D eigenvalue weighted by molar-refractivity contribution is -0.144. The molecule has 2 aromatic rings. The minimum Gasteiger partial charge on any atom is -0.451 e. The zero-order valence-electron chi connectivity index (χ0n) is 14.0. The molecule has 134 valence electrons. The van der Waals surface area contributed by atoms with Crippen LogP contribution in [0.3, 0.4) is 0 Å². The van der Waals surface area contributed by atoms with Crippen LogP contribution in [0.5, 0.6) is 0 Å². The van der Waals surface area contributed by atoms with E-state index < -0.39 is 24.4 Å². The Bertz CT molecular complexity index is 834. The molecule has 26 heavy (non-hydrogen) atoms. The van der Waals surface area contributed by atoms with Crippen LogP contribution in [0.25, 0.3) is 6.08 Å². The SMILES string of the molecule is CC(=O)N/C(=C\c1ccccc1)C(=O)OCC(=O)Nc1cccc(I)c1. The van der Waals surface area contributed by atoms with Gasteiger partial charge in [-0.05, 0) is 52.4 Å². The smallest absolute Gasteiger partial charge is 0.355 e. The molecule has 0 saturated heterocycles. The third-order valence-electron chi connectivity index (χ3n) is 3.08. The predicted molar refractivity (Wildman–Crippen MR) is 107 cm³/mol. The summed E-state index contributed by atoms with van der Waals surface area (Å²) < 4.78 is 5.97. The van der Waals surface area contributed by atoms with Crippen molar-refractivity contribution in [3.63, 3.8) is 0 Å². The summed E-state index contributed by atoms with van der Waals surface area (Å²) in [6.45, 7) is 0.825. The van der Waals surface area contributed by atoms with Gasteiger partial charge in [0, 0.05) is 16.2 Å². The van der Waals surface area contributed by atoms with Gasteiger partial charge < -0.3 is 15.4 Å². The monoisotopic (exact) mass is 464 g/mol. The first-order chi connectivity index (χ1) is 12.4. The Hall–Kier alpha value is -2.68. The van der Waals surface area contributed by atoms with Crippen LogP contribution in [-0.4, -0.2) is 24.4 Å². The lowest BCUT2D eigenvalue weighted by Gasteiger charge is -2.10. The molecule has 0 aliphatic carbocycles. The van der Waals surface area contributed by atoms with E-state index in [1.54, 1.807) is 42.5 Å². The molecular weight excluding hydrogens is 447 g/mol. The molecule has 2 N–H and O–H groups in total. The quantitative estimate of drug-likeness (QED) is 0.391. The van der Waals surface area contributed by atoms with E-state index in [1.807, 2.05) is 12.1 Å². The largest absolute Gasteiger partial charge is 0.451 e. The van der Waals surface area contributed by atoms with Gasteiger partial charge in [0.25, 0.3) is 5.91 Å². The first kappa shape index (κ1) is 19.6. The molecule has 2 aromatic carbocycles. The molecule has 0 aromatic heterocycles. The van der Waals surface area contributed by atoms with Crippen LogP contribution < -0.4 is 10.6 Å². The van der Waals surface area contributed by atoms with Gasteiger partial charge in [0.15, 0.2) is 6.61 Å². The fraction of sp³-hybridized carbons (Fsp3) is 0.105. The van der Waals surface area contributed by atoms with E-state index in [0.717, 1.165) is 9.13 Å². The molecule has 6 nitrogen and oxygen atoms in total. The van der Waals surface area contributed by atoms with Crippen molar-refractivity contribution in [2.45, 2.75) is 6.92 Å². The Balaban J connectivity index is 1.99. The Labute approximate surface area is 164 Å². The highest BCUT2D eigenvalue weighted by atomic mass is 127. The molecule has 0 aliphatic rings. The average Bonchev–Trinajstić information content (AvgIpc) is 2.59. The molecule has 0 spiro atoms. The van der Waals surface area contributed by atoms with Crippen molar-refractivity contribution in [3.8, 4) is 0 Å². The summed E-state index contributed by atoms with van der Waals surface area (Å²) in [5.74, 6) is -1.67. The second-order valence-corrected chi connectivity index (χ2v) is 6.53. The van der Waals surface area contributed by atoms with Gasteiger partial charge in [-0.1, -0.05) is 36.4 Å². The molecule has 0 heterocycles. The molecule has 0 saturated carbocycles. The van der Waals surface area contributed by atoms with Gasteiger partial charge in [0.05, 0.1) is 0 Å². The fourth-order valence-electron chi connectivity index (χ4n) is 2.02. The van der Waals surface area contributed by atoms with Gasteiger partial charge in [-0.25, -0.2) is 4.79 Å². The average molecular weight is 464 g/mol. The maximum atomic E-state index is 12.2. The standard InChI is InChI=1S/C19H17IN2O4/c1-13(23)21-17(10-14-6-3-2-4-7-14)19(25)26-12-18(24)22-16-9-5-8-15(20)11-16/h2-11H,12H2,1H3,(H,21,23)(H,22,24)/b17-10-. The molecular formula is C19H17IN2O4. The zero-order valence-corrected chi connectivity index (χ0v) is 16.1. The summed E-state index contributed by atoms with van der Waals surface area (Å²) in [5, 5.41) is 5.06. The number of esters is 1. The number of halogens is 1. The van der Waals surface area contributed by atoms with Gasteiger partial charge in [0.1, 0.15) is 5.70 Å². The number of carbonyl (C=O) groups is 3. The van der Waals surface area contributed by atoms with Crippen LogP contribution in [0, 0.1) is 3.57 Å². The van der Waals surface area contributed by atoms with E-state index in [9.17, 15) is 14.4 Å². The van der Waals surface area contributed by atoms with E-state index >= 15 is 0 Å². The van der Waals surface area contributed by atoms with Gasteiger partial charge in [-0.3, -0.25) is 9.59 Å². The van der Waals surface area contributed by atoms with Crippen molar-refractivity contribution in [2.24, 2.45) is 0 Å². The number of ether oxygens (including phenoxy) is 1. The number of carbonyl (C=O) groups excluding carboxylic acids is 3. The van der Waals surface area contributed by atoms with Crippen molar-refractivity contribution in [2.75, 3.05) is 11.9 Å². The minimum atomic E-state index is -0.790. The van der Waals surface area contributed by atoms with Crippen LogP contribution in [-0.2, 0) is 19.1 Å². The number of hydrogen-bond donors (Lipinski definition) is 2. The van der Waals surface area contributed by atoms with Crippen molar-refractivity contribution >= 4 is 52.1 Å². The number of nitrogens with one attached hydrogen (secondary N) is 2. The van der Waals surface area contributed by atoms with Gasteiger partial charge in [-0.15, -0.1) is 0 Å². The summed E-state index contributed by atoms with van der Waals surface area (Å²) in [4.78, 5) is 35.5. The summed E-state index contributed by atoms with van der Waals surface area (Å²) in [5.41, 5.74) is 1.29. The zero-order chi connectivity index (χ0) is 18.9. The molecule has 2 rings (SSSR count). The van der Waals surface area contributed by atoms with Crippen molar-refractivity contribution < 1.29 is 19.1 Å². The number of amides is 2. The van der Waals surface area contributed by atoms with E-state index in [0.29, 0.717) is 5.69 Å². The Morgan fingerprint density at radius 1 is 1.08 bits per heavy atom. The van der Waals surface area contributed by atoms with E-state index in [4.69, 9.17) is 4.74 Å². The topological polar surface area (TPSA) is 84.5 Å². The Kier molecular flexibility index (Phi) is 7.34. The second-order valence-electron chi connectivity index (χ2n) is 5.28. The third-order valence-corrected chi connectivity index (χ3v) is 3.75. The predicted octanol–water partition coefficient (Wildman–Crippen LogP) is 2.95. The molecule has 0 radical (unpaired) electrons. The van der Waals surface area contributed by atoms with E-state index in [1.165, 1.54) is 13.0 Å². The number of hydrogen-bond acceptors (Lipinski definition) is 4. The Morgan fingerprint density at radius 3 is 2.46 bits per heavy atom. The molecule has 0 unspecified atom stereocenters. The third kappa shape index (κ3) is 6.67. The van der Waals surface area contributed by atoms with E-state index in [-0.39, 0.29) is 5.70 Å². The van der Waals surface area contributed by atoms with Crippen molar-refractivity contribution in [1.29, 1.82) is 0 Å². The highest BCUT2D eigenvalue weighted by Gasteiger charge is 2.15. The number of rotatable bonds is 6. The Morgan fingerprint density at radius 2 is 1.81 bits per heavy atom. The maximum Gasteiger partial charge on any atom is 0.355 e. The highest BCUT2D eigenvalue weighted by molar-refractivity contribution is 14.1. The summed E-state index contributed by atoms with van der Waals surface area (Å²) in [6.07, 6.45) is 1.49. The number of benzene rings is 2. The lowest BCUT2D eigenvalue weighted by Crippen LogP contribution is -2.28. The van der Waals surface area contributed by atoms with Crippen LogP contribution in [0.1, 0.15) is 12.5 Å². The molecule has 0 fully saturated rings. The summed E-state index contributed by atoms with van der Waals surface area (Å²) in [6, 6.07) is 16.2. The van der Waals surface area contributed by atoms with Crippen LogP contribution in [0.4, 0.5) is 5.69 Å². The van der Waals surface area contributed by atoms with Gasteiger partial charge in [-0.2, -0.15) is 0 Å². The summed E-state index contributed by atoms with van der Waals surface area (Å²) >= 11 is 2.13. The highest BCUT2D eigenvalue weighted by Crippen LogP contribution is 2.12. The van der Waals surface area contributed by atoms with Gasteiger partial charge in [0.2, 0.25) is 5.91 Å². The molecule has 7 heteroatoms. The van der Waals surface area contributed by atoms with Crippen molar-refractivity contribution in [3.05, 3.63) is 69.4 Å². The van der Waals surface area contributed by atoms with Crippen LogP contribution in [0.2, 0.25) is 0 Å².